The molecule has 2 aromatic rings. The highest BCUT2D eigenvalue weighted by Crippen LogP contribution is 2.27. The number of benzene rings is 2. The molecule has 0 atom stereocenters. The van der Waals surface area contributed by atoms with Crippen LogP contribution in [0.4, 0.5) is 10.1 Å². The minimum atomic E-state index is -0.712. The molecule has 0 radical (unpaired) electrons. The number of hydrogen-bond donors (Lipinski definition) is 0. The molecule has 0 aromatic heterocycles. The van der Waals surface area contributed by atoms with E-state index in [2.05, 4.69) is 15.9 Å². The topological polar surface area (TPSA) is 52.4 Å². The fourth-order valence-electron chi connectivity index (χ4n) is 1.35. The number of nitrogens with zero attached hydrogens (tertiary/aromatic N) is 1. The van der Waals surface area contributed by atoms with Gasteiger partial charge in [0.15, 0.2) is 0 Å². The van der Waals surface area contributed by atoms with Crippen molar-refractivity contribution in [3.05, 3.63) is 62.9 Å². The maximum Gasteiger partial charge on any atom is 0.276 e. The molecule has 4 nitrogen and oxygen atoms in total. The van der Waals surface area contributed by atoms with Crippen LogP contribution in [0.1, 0.15) is 0 Å². The number of non-ortho nitro benzene ring substituents is 1. The molecule has 0 amide bonds. The Morgan fingerprint density at radius 3 is 2.39 bits per heavy atom. The molecular formula is C12H7BrFNO3. The molecule has 6 heteroatoms. The summed E-state index contributed by atoms with van der Waals surface area (Å²) >= 11 is 3.27. The fraction of sp³-hybridized carbons (Fsp3) is 0. The van der Waals surface area contributed by atoms with Crippen molar-refractivity contribution in [2.45, 2.75) is 0 Å². The van der Waals surface area contributed by atoms with Gasteiger partial charge in [0.25, 0.3) is 5.69 Å². The first-order chi connectivity index (χ1) is 8.54. The van der Waals surface area contributed by atoms with E-state index in [4.69, 9.17) is 4.74 Å². The van der Waals surface area contributed by atoms with Crippen molar-refractivity contribution in [2.75, 3.05) is 0 Å². The highest BCUT2D eigenvalue weighted by atomic mass is 79.9. The summed E-state index contributed by atoms with van der Waals surface area (Å²) in [6, 6.07) is 9.95. The van der Waals surface area contributed by atoms with Crippen LogP contribution in [0, 0.1) is 15.9 Å². The molecule has 0 saturated heterocycles. The standard InChI is InChI=1S/C12H7BrFNO3/c13-8-1-3-11(4-2-8)18-12-6-9(14)5-10(7-12)15(16)17/h1-7H. The van der Waals surface area contributed by atoms with Crippen LogP contribution in [-0.2, 0) is 0 Å². The van der Waals surface area contributed by atoms with Crippen molar-refractivity contribution >= 4 is 21.6 Å². The van der Waals surface area contributed by atoms with Gasteiger partial charge < -0.3 is 4.74 Å². The molecule has 0 aliphatic heterocycles. The van der Waals surface area contributed by atoms with Crippen LogP contribution in [0.5, 0.6) is 11.5 Å². The molecular weight excluding hydrogens is 305 g/mol. The Bertz CT molecular complexity index is 586. The van der Waals surface area contributed by atoms with Gasteiger partial charge in [-0.25, -0.2) is 4.39 Å². The van der Waals surface area contributed by atoms with Crippen molar-refractivity contribution in [1.29, 1.82) is 0 Å². The Hall–Kier alpha value is -1.95. The van der Waals surface area contributed by atoms with Crippen LogP contribution in [0.15, 0.2) is 46.9 Å². The predicted octanol–water partition coefficient (Wildman–Crippen LogP) is 4.29. The maximum atomic E-state index is 13.2. The zero-order valence-electron chi connectivity index (χ0n) is 8.97. The Kier molecular flexibility index (Phi) is 3.57. The predicted molar refractivity (Wildman–Crippen MR) is 67.3 cm³/mol. The van der Waals surface area contributed by atoms with Crippen LogP contribution >= 0.6 is 15.9 Å². The van der Waals surface area contributed by atoms with Gasteiger partial charge in [-0.05, 0) is 24.3 Å². The van der Waals surface area contributed by atoms with Crippen molar-refractivity contribution < 1.29 is 14.1 Å². The van der Waals surface area contributed by atoms with E-state index in [9.17, 15) is 14.5 Å². The Balaban J connectivity index is 2.28. The summed E-state index contributed by atoms with van der Waals surface area (Å²) in [6.07, 6.45) is 0. The number of halogens is 2. The molecule has 0 heterocycles. The first-order valence-electron chi connectivity index (χ1n) is 4.93. The van der Waals surface area contributed by atoms with Gasteiger partial charge in [-0.15, -0.1) is 0 Å². The largest absolute Gasteiger partial charge is 0.457 e. The molecule has 2 aromatic carbocycles. The maximum absolute atomic E-state index is 13.2. The number of nitro groups is 1. The lowest BCUT2D eigenvalue weighted by Gasteiger charge is -2.05. The highest BCUT2D eigenvalue weighted by Gasteiger charge is 2.11. The third-order valence-electron chi connectivity index (χ3n) is 2.12. The molecule has 0 bridgehead atoms. The van der Waals surface area contributed by atoms with Crippen LogP contribution in [0.25, 0.3) is 0 Å². The summed E-state index contributed by atoms with van der Waals surface area (Å²) < 4.78 is 19.4. The zero-order chi connectivity index (χ0) is 13.1. The lowest BCUT2D eigenvalue weighted by molar-refractivity contribution is -0.385. The molecule has 2 rings (SSSR count). The molecule has 0 spiro atoms. The first kappa shape index (κ1) is 12.5. The number of ether oxygens (including phenoxy) is 1. The minimum absolute atomic E-state index is 0.0871. The molecule has 0 fully saturated rings. The average Bonchev–Trinajstić information content (AvgIpc) is 2.31. The van der Waals surface area contributed by atoms with Crippen LogP contribution in [0.3, 0.4) is 0 Å². The van der Waals surface area contributed by atoms with E-state index in [-0.39, 0.29) is 11.4 Å². The summed E-state index contributed by atoms with van der Waals surface area (Å²) in [7, 11) is 0. The third kappa shape index (κ3) is 3.04. The molecule has 92 valence electrons. The quantitative estimate of drug-likeness (QED) is 0.627. The van der Waals surface area contributed by atoms with Gasteiger partial charge in [0, 0.05) is 10.5 Å². The first-order valence-corrected chi connectivity index (χ1v) is 5.72. The van der Waals surface area contributed by atoms with Crippen LogP contribution < -0.4 is 4.74 Å². The average molecular weight is 312 g/mol. The van der Waals surface area contributed by atoms with Crippen molar-refractivity contribution in [3.63, 3.8) is 0 Å². The van der Waals surface area contributed by atoms with Gasteiger partial charge in [0.05, 0.1) is 17.1 Å². The lowest BCUT2D eigenvalue weighted by Crippen LogP contribution is -1.91. The molecule has 0 N–H and O–H groups in total. The summed E-state index contributed by atoms with van der Waals surface area (Å²) in [6.45, 7) is 0. The lowest BCUT2D eigenvalue weighted by atomic mass is 10.3. The monoisotopic (exact) mass is 311 g/mol. The van der Waals surface area contributed by atoms with Gasteiger partial charge in [-0.1, -0.05) is 15.9 Å². The summed E-state index contributed by atoms with van der Waals surface area (Å²) in [4.78, 5) is 9.91. The van der Waals surface area contributed by atoms with Crippen molar-refractivity contribution in [1.82, 2.24) is 0 Å². The normalized spacial score (nSPS) is 10.1. The summed E-state index contributed by atoms with van der Waals surface area (Å²) in [5.74, 6) is -0.154. The second kappa shape index (κ2) is 5.14. The van der Waals surface area contributed by atoms with E-state index in [1.807, 2.05) is 0 Å². The highest BCUT2D eigenvalue weighted by molar-refractivity contribution is 9.10. The second-order valence-corrected chi connectivity index (χ2v) is 4.37. The van der Waals surface area contributed by atoms with E-state index in [1.165, 1.54) is 6.07 Å². The number of hydrogen-bond acceptors (Lipinski definition) is 3. The molecule has 0 unspecified atom stereocenters. The molecule has 0 aliphatic carbocycles. The van der Waals surface area contributed by atoms with Gasteiger partial charge in [-0.2, -0.15) is 0 Å². The third-order valence-corrected chi connectivity index (χ3v) is 2.64. The molecule has 18 heavy (non-hydrogen) atoms. The van der Waals surface area contributed by atoms with E-state index < -0.39 is 10.7 Å². The van der Waals surface area contributed by atoms with E-state index in [0.717, 1.165) is 16.6 Å². The van der Waals surface area contributed by atoms with Crippen molar-refractivity contribution in [2.24, 2.45) is 0 Å². The Morgan fingerprint density at radius 1 is 1.11 bits per heavy atom. The van der Waals surface area contributed by atoms with Gasteiger partial charge in [0.1, 0.15) is 17.3 Å². The SMILES string of the molecule is O=[N+]([O-])c1cc(F)cc(Oc2ccc(Br)cc2)c1. The van der Waals surface area contributed by atoms with E-state index in [1.54, 1.807) is 24.3 Å². The van der Waals surface area contributed by atoms with Gasteiger partial charge in [0.2, 0.25) is 0 Å². The van der Waals surface area contributed by atoms with Crippen LogP contribution in [-0.4, -0.2) is 4.92 Å². The van der Waals surface area contributed by atoms with Gasteiger partial charge >= 0.3 is 0 Å². The van der Waals surface area contributed by atoms with Crippen LogP contribution in [0.2, 0.25) is 0 Å². The molecule has 0 saturated carbocycles. The fourth-order valence-corrected chi connectivity index (χ4v) is 1.62. The number of nitro benzene ring substituents is 1. The molecule has 0 aliphatic rings. The van der Waals surface area contributed by atoms with E-state index in [0.29, 0.717) is 5.75 Å². The number of rotatable bonds is 3. The second-order valence-electron chi connectivity index (χ2n) is 3.46. The minimum Gasteiger partial charge on any atom is -0.457 e. The zero-order valence-corrected chi connectivity index (χ0v) is 10.6. The Morgan fingerprint density at radius 2 is 1.78 bits per heavy atom. The van der Waals surface area contributed by atoms with Gasteiger partial charge in [-0.3, -0.25) is 10.1 Å². The Labute approximate surface area is 110 Å². The van der Waals surface area contributed by atoms with E-state index >= 15 is 0 Å². The smallest absolute Gasteiger partial charge is 0.276 e. The van der Waals surface area contributed by atoms with Crippen molar-refractivity contribution in [3.8, 4) is 11.5 Å². The summed E-state index contributed by atoms with van der Waals surface area (Å²) in [5.41, 5.74) is -0.345. The summed E-state index contributed by atoms with van der Waals surface area (Å²) in [5, 5.41) is 10.6.